The fraction of sp³-hybridized carbons (Fsp3) is 0.0847. The SMILES string of the molecule is CC1(C)c2ccc(-c3ccc4cc(-c5c6c(c(-c7ccc8ccccc8c7)c7ccccc57)=CCCC=6)ccc4c3)cc2-c2c1c1c3ccccc3oc1c1ccccc21. The summed E-state index contributed by atoms with van der Waals surface area (Å²) in [4.78, 5) is 0. The number of hydrogen-bond acceptors (Lipinski definition) is 1. The molecule has 0 radical (unpaired) electrons. The van der Waals surface area contributed by atoms with Crippen LogP contribution in [0.2, 0.25) is 0 Å². The van der Waals surface area contributed by atoms with Crippen molar-refractivity contribution in [2.24, 2.45) is 0 Å². The molecule has 0 fully saturated rings. The van der Waals surface area contributed by atoms with Gasteiger partial charge in [0.05, 0.1) is 0 Å². The quantitative estimate of drug-likeness (QED) is 0.175. The number of furan rings is 1. The van der Waals surface area contributed by atoms with Gasteiger partial charge in [0, 0.05) is 21.6 Å². The van der Waals surface area contributed by atoms with Gasteiger partial charge >= 0.3 is 0 Å². The summed E-state index contributed by atoms with van der Waals surface area (Å²) in [5.74, 6) is 0. The van der Waals surface area contributed by atoms with Crippen LogP contribution in [0.15, 0.2) is 174 Å². The Balaban J connectivity index is 0.958. The van der Waals surface area contributed by atoms with E-state index in [0.29, 0.717) is 0 Å². The smallest absolute Gasteiger partial charge is 0.143 e. The second-order valence-corrected chi connectivity index (χ2v) is 17.4. The van der Waals surface area contributed by atoms with E-state index in [1.165, 1.54) is 120 Å². The van der Waals surface area contributed by atoms with Crippen LogP contribution < -0.4 is 10.4 Å². The summed E-state index contributed by atoms with van der Waals surface area (Å²) >= 11 is 0. The molecule has 1 aromatic heterocycles. The van der Waals surface area contributed by atoms with Gasteiger partial charge in [0.2, 0.25) is 0 Å². The zero-order valence-corrected chi connectivity index (χ0v) is 33.6. The molecule has 11 aromatic rings. The van der Waals surface area contributed by atoms with Crippen molar-refractivity contribution < 1.29 is 4.42 Å². The minimum atomic E-state index is -0.190. The maximum Gasteiger partial charge on any atom is 0.143 e. The molecule has 282 valence electrons. The molecule has 13 rings (SSSR count). The van der Waals surface area contributed by atoms with Gasteiger partial charge in [-0.05, 0) is 147 Å². The van der Waals surface area contributed by atoms with E-state index in [9.17, 15) is 0 Å². The first kappa shape index (κ1) is 33.7. The zero-order valence-electron chi connectivity index (χ0n) is 33.6. The van der Waals surface area contributed by atoms with Crippen molar-refractivity contribution >= 4 is 77.2 Å². The summed E-state index contributed by atoms with van der Waals surface area (Å²) in [6.07, 6.45) is 7.06. The van der Waals surface area contributed by atoms with Crippen LogP contribution in [0.4, 0.5) is 0 Å². The van der Waals surface area contributed by atoms with Crippen molar-refractivity contribution in [1.29, 1.82) is 0 Å². The van der Waals surface area contributed by atoms with Crippen molar-refractivity contribution in [3.8, 4) is 44.5 Å². The number of fused-ring (bicyclic) bond motifs is 14. The Morgan fingerprint density at radius 1 is 0.417 bits per heavy atom. The van der Waals surface area contributed by atoms with Crippen LogP contribution >= 0.6 is 0 Å². The molecule has 0 aliphatic heterocycles. The van der Waals surface area contributed by atoms with Gasteiger partial charge in [-0.1, -0.05) is 166 Å². The molecule has 2 aliphatic carbocycles. The molecule has 0 saturated carbocycles. The molecule has 60 heavy (non-hydrogen) atoms. The first-order chi connectivity index (χ1) is 29.5. The topological polar surface area (TPSA) is 13.1 Å². The molecule has 0 amide bonds. The normalized spacial score (nSPS) is 14.1. The lowest BCUT2D eigenvalue weighted by Gasteiger charge is -2.23. The molecule has 0 saturated heterocycles. The van der Waals surface area contributed by atoms with Gasteiger partial charge in [0.15, 0.2) is 0 Å². The van der Waals surface area contributed by atoms with Gasteiger partial charge in [-0.25, -0.2) is 0 Å². The number of hydrogen-bond donors (Lipinski definition) is 0. The summed E-state index contributed by atoms with van der Waals surface area (Å²) in [5, 5.41) is 15.2. The molecule has 2 aliphatic rings. The molecule has 0 bridgehead atoms. The molecule has 1 heterocycles. The summed E-state index contributed by atoms with van der Waals surface area (Å²) in [6, 6.07) is 63.2. The highest BCUT2D eigenvalue weighted by molar-refractivity contribution is 6.23. The molecule has 0 unspecified atom stereocenters. The van der Waals surface area contributed by atoms with Crippen molar-refractivity contribution in [3.05, 3.63) is 191 Å². The Labute approximate surface area is 348 Å². The summed E-state index contributed by atoms with van der Waals surface area (Å²) in [5.41, 5.74) is 14.8. The van der Waals surface area contributed by atoms with Crippen molar-refractivity contribution in [2.45, 2.75) is 32.1 Å². The van der Waals surface area contributed by atoms with Gasteiger partial charge in [-0.2, -0.15) is 0 Å². The molecule has 0 atom stereocenters. The molecular formula is C59H40O. The Bertz CT molecular complexity index is 3800. The van der Waals surface area contributed by atoms with Crippen LogP contribution in [-0.4, -0.2) is 0 Å². The molecular weight excluding hydrogens is 725 g/mol. The Kier molecular flexibility index (Phi) is 6.97. The van der Waals surface area contributed by atoms with Gasteiger partial charge in [-0.3, -0.25) is 0 Å². The minimum absolute atomic E-state index is 0.190. The predicted octanol–water partition coefficient (Wildman–Crippen LogP) is 14.9. The number of para-hydroxylation sites is 1. The van der Waals surface area contributed by atoms with E-state index in [-0.39, 0.29) is 5.41 Å². The van der Waals surface area contributed by atoms with Gasteiger partial charge in [-0.15, -0.1) is 0 Å². The van der Waals surface area contributed by atoms with Crippen molar-refractivity contribution in [3.63, 3.8) is 0 Å². The van der Waals surface area contributed by atoms with Crippen molar-refractivity contribution in [1.82, 2.24) is 0 Å². The summed E-state index contributed by atoms with van der Waals surface area (Å²) in [6.45, 7) is 4.77. The molecule has 0 spiro atoms. The van der Waals surface area contributed by atoms with E-state index < -0.39 is 0 Å². The fourth-order valence-electron chi connectivity index (χ4n) is 11.1. The summed E-state index contributed by atoms with van der Waals surface area (Å²) < 4.78 is 6.64. The van der Waals surface area contributed by atoms with Crippen LogP contribution in [0.3, 0.4) is 0 Å². The van der Waals surface area contributed by atoms with E-state index >= 15 is 0 Å². The average molecular weight is 765 g/mol. The Morgan fingerprint density at radius 2 is 0.900 bits per heavy atom. The van der Waals surface area contributed by atoms with Crippen LogP contribution in [0.5, 0.6) is 0 Å². The monoisotopic (exact) mass is 764 g/mol. The fourth-order valence-corrected chi connectivity index (χ4v) is 11.1. The highest BCUT2D eigenvalue weighted by Crippen LogP contribution is 2.56. The van der Waals surface area contributed by atoms with Crippen LogP contribution in [0, 0.1) is 0 Å². The third-order valence-electron chi connectivity index (χ3n) is 13.8. The third kappa shape index (κ3) is 4.69. The highest BCUT2D eigenvalue weighted by atomic mass is 16.3. The van der Waals surface area contributed by atoms with Crippen LogP contribution in [0.1, 0.15) is 37.8 Å². The minimum Gasteiger partial charge on any atom is -0.455 e. The highest BCUT2D eigenvalue weighted by Gasteiger charge is 2.40. The Hall–Kier alpha value is -7.22. The maximum atomic E-state index is 6.64. The first-order valence-corrected chi connectivity index (χ1v) is 21.3. The summed E-state index contributed by atoms with van der Waals surface area (Å²) in [7, 11) is 0. The lowest BCUT2D eigenvalue weighted by atomic mass is 9.79. The van der Waals surface area contributed by atoms with E-state index in [4.69, 9.17) is 4.42 Å². The molecule has 10 aromatic carbocycles. The zero-order chi connectivity index (χ0) is 39.7. The van der Waals surface area contributed by atoms with Crippen molar-refractivity contribution in [2.75, 3.05) is 0 Å². The number of benzene rings is 10. The van der Waals surface area contributed by atoms with E-state index in [0.717, 1.165) is 24.0 Å². The largest absolute Gasteiger partial charge is 0.455 e. The van der Waals surface area contributed by atoms with Gasteiger partial charge < -0.3 is 4.42 Å². The first-order valence-electron chi connectivity index (χ1n) is 21.3. The third-order valence-corrected chi connectivity index (χ3v) is 13.8. The number of rotatable bonds is 3. The lowest BCUT2D eigenvalue weighted by Crippen LogP contribution is -2.31. The second-order valence-electron chi connectivity index (χ2n) is 17.4. The predicted molar refractivity (Wildman–Crippen MR) is 255 cm³/mol. The van der Waals surface area contributed by atoms with Gasteiger partial charge in [0.25, 0.3) is 0 Å². The molecule has 0 N–H and O–H groups in total. The Morgan fingerprint density at radius 3 is 1.58 bits per heavy atom. The van der Waals surface area contributed by atoms with Crippen LogP contribution in [0.25, 0.3) is 122 Å². The van der Waals surface area contributed by atoms with E-state index in [2.05, 4.69) is 196 Å². The van der Waals surface area contributed by atoms with E-state index in [1.54, 1.807) is 0 Å². The standard InChI is InChI=1S/C59H40O/c1-59(2)51-30-29-40(34-50(51)55-47-19-9-10-20-48(47)58-56(57(55)59)49-21-11-12-22-52(49)60-58)38-24-25-39-33-42(28-26-37(39)31-38)54-45-17-7-5-15-43(45)53(44-16-6-8-18-46(44)54)41-27-23-35-13-3-4-14-36(35)32-41/h3-5,7,9-34H,6,8H2,1-2H3. The lowest BCUT2D eigenvalue weighted by molar-refractivity contribution is 0.659. The van der Waals surface area contributed by atoms with E-state index in [1.807, 2.05) is 0 Å². The molecule has 1 heteroatoms. The molecule has 1 nitrogen and oxygen atoms in total. The second kappa shape index (κ2) is 12.4. The van der Waals surface area contributed by atoms with Crippen LogP contribution in [-0.2, 0) is 5.41 Å². The average Bonchev–Trinajstić information content (AvgIpc) is 3.79. The maximum absolute atomic E-state index is 6.64. The van der Waals surface area contributed by atoms with Gasteiger partial charge in [0.1, 0.15) is 11.2 Å².